The third-order valence-electron chi connectivity index (χ3n) is 3.90. The fraction of sp³-hybridized carbons (Fsp3) is 0.143. The lowest BCUT2D eigenvalue weighted by molar-refractivity contribution is -0.152. The molecule has 0 aliphatic carbocycles. The summed E-state index contributed by atoms with van der Waals surface area (Å²) in [5, 5.41) is 11.0. The molecule has 2 aromatic carbocycles. The summed E-state index contributed by atoms with van der Waals surface area (Å²) in [4.78, 5) is 16.3. The normalized spacial score (nSPS) is 11.7. The second-order valence-electron chi connectivity index (χ2n) is 6.02. The predicted molar refractivity (Wildman–Crippen MR) is 108 cm³/mol. The van der Waals surface area contributed by atoms with Gasteiger partial charge in [0.05, 0.1) is 15.7 Å². The number of rotatable bonds is 6. The van der Waals surface area contributed by atoms with Crippen molar-refractivity contribution < 1.29 is 19.4 Å². The Hall–Kier alpha value is -2.76. The van der Waals surface area contributed by atoms with Crippen molar-refractivity contribution in [2.75, 3.05) is 0 Å². The second kappa shape index (κ2) is 8.95. The minimum atomic E-state index is -0.891. The van der Waals surface area contributed by atoms with E-state index in [1.54, 1.807) is 19.1 Å². The standard InChI is InChI=1S/C21H17Cl2NO4/c1-13(21(26)27-12-14-5-3-2-4-6-14)28-19-8-7-15(9-18(19)25)20-17(23)10-16(22)11-24-20/h2-11,13,25H,12H2,1H3. The Labute approximate surface area is 172 Å². The Morgan fingerprint density at radius 2 is 1.89 bits per heavy atom. The maximum Gasteiger partial charge on any atom is 0.347 e. The predicted octanol–water partition coefficient (Wildman–Crippen LogP) is 5.27. The van der Waals surface area contributed by atoms with Crippen LogP contribution in [-0.2, 0) is 16.1 Å². The summed E-state index contributed by atoms with van der Waals surface area (Å²) in [5.74, 6) is -0.527. The van der Waals surface area contributed by atoms with Gasteiger partial charge in [-0.15, -0.1) is 0 Å². The number of benzene rings is 2. The van der Waals surface area contributed by atoms with E-state index >= 15 is 0 Å². The molecule has 0 aliphatic rings. The highest BCUT2D eigenvalue weighted by atomic mass is 35.5. The Bertz CT molecular complexity index is 979. The number of ether oxygens (including phenoxy) is 2. The van der Waals surface area contributed by atoms with Gasteiger partial charge in [-0.3, -0.25) is 4.98 Å². The van der Waals surface area contributed by atoms with Crippen molar-refractivity contribution in [3.05, 3.63) is 76.4 Å². The molecule has 0 bridgehead atoms. The highest BCUT2D eigenvalue weighted by Gasteiger charge is 2.19. The Morgan fingerprint density at radius 1 is 1.14 bits per heavy atom. The molecular formula is C21H17Cl2NO4. The first-order valence-electron chi connectivity index (χ1n) is 8.45. The van der Waals surface area contributed by atoms with E-state index in [-0.39, 0.29) is 18.1 Å². The molecule has 0 fully saturated rings. The van der Waals surface area contributed by atoms with Crippen molar-refractivity contribution in [3.8, 4) is 22.8 Å². The van der Waals surface area contributed by atoms with E-state index in [1.165, 1.54) is 18.3 Å². The molecule has 0 saturated carbocycles. The number of esters is 1. The summed E-state index contributed by atoms with van der Waals surface area (Å²) >= 11 is 12.0. The fourth-order valence-corrected chi connectivity index (χ4v) is 2.97. The summed E-state index contributed by atoms with van der Waals surface area (Å²) in [6, 6.07) is 15.6. The zero-order valence-electron chi connectivity index (χ0n) is 14.9. The van der Waals surface area contributed by atoms with Crippen molar-refractivity contribution in [1.29, 1.82) is 0 Å². The van der Waals surface area contributed by atoms with Crippen molar-refractivity contribution in [2.24, 2.45) is 0 Å². The summed E-state index contributed by atoms with van der Waals surface area (Å²) < 4.78 is 10.8. The topological polar surface area (TPSA) is 68.7 Å². The number of aromatic hydroxyl groups is 1. The van der Waals surface area contributed by atoms with Gasteiger partial charge in [0.2, 0.25) is 0 Å². The average molecular weight is 418 g/mol. The first-order chi connectivity index (χ1) is 13.4. The molecule has 5 nitrogen and oxygen atoms in total. The van der Waals surface area contributed by atoms with Crippen molar-refractivity contribution in [2.45, 2.75) is 19.6 Å². The minimum Gasteiger partial charge on any atom is -0.504 e. The third-order valence-corrected chi connectivity index (χ3v) is 4.39. The van der Waals surface area contributed by atoms with Crippen LogP contribution in [0.2, 0.25) is 10.0 Å². The van der Waals surface area contributed by atoms with E-state index in [0.29, 0.717) is 21.3 Å². The number of phenolic OH excluding ortho intramolecular Hbond substituents is 1. The van der Waals surface area contributed by atoms with Gasteiger partial charge < -0.3 is 14.6 Å². The maximum atomic E-state index is 12.1. The summed E-state index contributed by atoms with van der Waals surface area (Å²) in [6.07, 6.45) is 0.576. The van der Waals surface area contributed by atoms with E-state index in [2.05, 4.69) is 4.98 Å². The van der Waals surface area contributed by atoms with Crippen LogP contribution in [0.15, 0.2) is 60.8 Å². The van der Waals surface area contributed by atoms with Gasteiger partial charge in [0, 0.05) is 11.8 Å². The average Bonchev–Trinajstić information content (AvgIpc) is 2.68. The number of phenols is 1. The molecule has 1 aromatic heterocycles. The van der Waals surface area contributed by atoms with Crippen LogP contribution >= 0.6 is 23.2 Å². The molecule has 3 aromatic rings. The largest absolute Gasteiger partial charge is 0.504 e. The van der Waals surface area contributed by atoms with Crippen LogP contribution in [0.3, 0.4) is 0 Å². The Balaban J connectivity index is 1.66. The van der Waals surface area contributed by atoms with E-state index in [4.69, 9.17) is 32.7 Å². The van der Waals surface area contributed by atoms with Gasteiger partial charge in [0.1, 0.15) is 6.61 Å². The quantitative estimate of drug-likeness (QED) is 0.553. The molecule has 28 heavy (non-hydrogen) atoms. The first-order valence-corrected chi connectivity index (χ1v) is 9.21. The molecule has 7 heteroatoms. The van der Waals surface area contributed by atoms with E-state index in [0.717, 1.165) is 5.56 Å². The van der Waals surface area contributed by atoms with Crippen LogP contribution in [0.5, 0.6) is 11.5 Å². The molecule has 0 amide bonds. The molecular weight excluding hydrogens is 401 g/mol. The van der Waals surface area contributed by atoms with Crippen LogP contribution in [0.25, 0.3) is 11.3 Å². The summed E-state index contributed by atoms with van der Waals surface area (Å²) in [5.41, 5.74) is 1.94. The molecule has 1 heterocycles. The number of aromatic nitrogens is 1. The zero-order valence-corrected chi connectivity index (χ0v) is 16.4. The number of carbonyl (C=O) groups is 1. The fourth-order valence-electron chi connectivity index (χ4n) is 2.48. The Morgan fingerprint density at radius 3 is 2.57 bits per heavy atom. The number of halogens is 2. The lowest BCUT2D eigenvalue weighted by atomic mass is 10.1. The van der Waals surface area contributed by atoms with Gasteiger partial charge in [-0.2, -0.15) is 0 Å². The molecule has 0 saturated heterocycles. The van der Waals surface area contributed by atoms with Crippen molar-refractivity contribution >= 4 is 29.2 Å². The monoisotopic (exact) mass is 417 g/mol. The number of hydrogen-bond donors (Lipinski definition) is 1. The van der Waals surface area contributed by atoms with Crippen LogP contribution in [0.4, 0.5) is 0 Å². The minimum absolute atomic E-state index is 0.145. The van der Waals surface area contributed by atoms with Gasteiger partial charge in [-0.25, -0.2) is 4.79 Å². The van der Waals surface area contributed by atoms with Gasteiger partial charge in [0.15, 0.2) is 17.6 Å². The lowest BCUT2D eigenvalue weighted by Gasteiger charge is -2.15. The van der Waals surface area contributed by atoms with Crippen molar-refractivity contribution in [1.82, 2.24) is 4.98 Å². The maximum absolute atomic E-state index is 12.1. The molecule has 1 unspecified atom stereocenters. The van der Waals surface area contributed by atoms with E-state index in [9.17, 15) is 9.90 Å². The molecule has 0 radical (unpaired) electrons. The molecule has 0 aliphatic heterocycles. The number of nitrogens with zero attached hydrogens (tertiary/aromatic N) is 1. The van der Waals surface area contributed by atoms with Gasteiger partial charge >= 0.3 is 5.97 Å². The Kier molecular flexibility index (Phi) is 6.39. The SMILES string of the molecule is CC(Oc1ccc(-c2ncc(Cl)cc2Cl)cc1O)C(=O)OCc1ccccc1. The number of hydrogen-bond acceptors (Lipinski definition) is 5. The van der Waals surface area contributed by atoms with Crippen LogP contribution in [0, 0.1) is 0 Å². The smallest absolute Gasteiger partial charge is 0.347 e. The van der Waals surface area contributed by atoms with Crippen molar-refractivity contribution in [3.63, 3.8) is 0 Å². The van der Waals surface area contributed by atoms with Crippen LogP contribution < -0.4 is 4.74 Å². The first kappa shape index (κ1) is 20.0. The van der Waals surface area contributed by atoms with E-state index in [1.807, 2.05) is 30.3 Å². The highest BCUT2D eigenvalue weighted by Crippen LogP contribution is 2.34. The molecule has 0 spiro atoms. The molecule has 1 atom stereocenters. The van der Waals surface area contributed by atoms with E-state index < -0.39 is 12.1 Å². The van der Waals surface area contributed by atoms with Crippen LogP contribution in [0.1, 0.15) is 12.5 Å². The second-order valence-corrected chi connectivity index (χ2v) is 6.86. The van der Waals surface area contributed by atoms with Crippen LogP contribution in [-0.4, -0.2) is 22.2 Å². The zero-order chi connectivity index (χ0) is 20.1. The highest BCUT2D eigenvalue weighted by molar-refractivity contribution is 6.36. The van der Waals surface area contributed by atoms with Gasteiger partial charge in [0.25, 0.3) is 0 Å². The van der Waals surface area contributed by atoms with Gasteiger partial charge in [-0.05, 0) is 36.8 Å². The number of carbonyl (C=O) groups excluding carboxylic acids is 1. The lowest BCUT2D eigenvalue weighted by Crippen LogP contribution is -2.26. The summed E-state index contributed by atoms with van der Waals surface area (Å²) in [6.45, 7) is 1.71. The van der Waals surface area contributed by atoms with Gasteiger partial charge in [-0.1, -0.05) is 53.5 Å². The summed E-state index contributed by atoms with van der Waals surface area (Å²) in [7, 11) is 0. The third kappa shape index (κ3) is 4.94. The molecule has 3 rings (SSSR count). The molecule has 144 valence electrons. The molecule has 1 N–H and O–H groups in total. The number of pyridine rings is 1.